The van der Waals surface area contributed by atoms with Crippen molar-refractivity contribution in [3.8, 4) is 0 Å². The maximum absolute atomic E-state index is 13.8. The fraction of sp³-hybridized carbons (Fsp3) is 0.167. The van der Waals surface area contributed by atoms with Crippen LogP contribution in [-0.4, -0.2) is 20.8 Å². The van der Waals surface area contributed by atoms with Gasteiger partial charge in [-0.15, -0.1) is 0 Å². The van der Waals surface area contributed by atoms with Gasteiger partial charge in [-0.2, -0.15) is 0 Å². The number of hydrogen-bond acceptors (Lipinski definition) is 2. The van der Waals surface area contributed by atoms with E-state index in [4.69, 9.17) is 0 Å². The summed E-state index contributed by atoms with van der Waals surface area (Å²) in [6.45, 7) is 4.25. The highest BCUT2D eigenvalue weighted by atomic mass is 19.1. The lowest BCUT2D eigenvalue weighted by Gasteiger charge is -2.29. The molecule has 0 aliphatic heterocycles. The molecule has 146 valence electrons. The van der Waals surface area contributed by atoms with Gasteiger partial charge in [0.05, 0.1) is 11.7 Å². The maximum atomic E-state index is 13.8. The first kappa shape index (κ1) is 18.9. The predicted molar refractivity (Wildman–Crippen MR) is 112 cm³/mol. The van der Waals surface area contributed by atoms with Crippen LogP contribution in [-0.2, 0) is 6.54 Å². The van der Waals surface area contributed by atoms with Crippen LogP contribution in [0.15, 0.2) is 72.9 Å². The van der Waals surface area contributed by atoms with Crippen LogP contribution in [0.4, 0.5) is 4.39 Å². The van der Waals surface area contributed by atoms with Gasteiger partial charge in [-0.3, -0.25) is 9.78 Å². The monoisotopic (exact) mass is 387 g/mol. The minimum atomic E-state index is -0.321. The third-order valence-corrected chi connectivity index (χ3v) is 5.18. The summed E-state index contributed by atoms with van der Waals surface area (Å²) in [6, 6.07) is 20.0. The Morgan fingerprint density at radius 3 is 2.59 bits per heavy atom. The van der Waals surface area contributed by atoms with Gasteiger partial charge in [-0.25, -0.2) is 4.39 Å². The number of halogens is 1. The normalized spacial score (nSPS) is 12.1. The summed E-state index contributed by atoms with van der Waals surface area (Å²) >= 11 is 0. The lowest BCUT2D eigenvalue weighted by atomic mass is 10.1. The average molecular weight is 387 g/mol. The summed E-state index contributed by atoms with van der Waals surface area (Å²) in [5.74, 6) is -0.471. The molecule has 4 rings (SSSR count). The lowest BCUT2D eigenvalue weighted by molar-refractivity contribution is 0.0665. The maximum Gasteiger partial charge on any atom is 0.271 e. The topological polar surface area (TPSA) is 49.0 Å². The Morgan fingerprint density at radius 2 is 1.86 bits per heavy atom. The number of fused-ring (bicyclic) bond motifs is 1. The van der Waals surface area contributed by atoms with E-state index >= 15 is 0 Å². The zero-order chi connectivity index (χ0) is 20.4. The number of aryl methyl sites for hydroxylation is 1. The number of aromatic nitrogens is 2. The molecule has 29 heavy (non-hydrogen) atoms. The van der Waals surface area contributed by atoms with Crippen LogP contribution in [0.5, 0.6) is 0 Å². The molecule has 2 heterocycles. The van der Waals surface area contributed by atoms with Crippen molar-refractivity contribution in [3.63, 3.8) is 0 Å². The summed E-state index contributed by atoms with van der Waals surface area (Å²) in [6.07, 6.45) is 1.73. The SMILES string of the molecule is Cc1cc(F)cc2[nH]c(C(=O)N(Cc3ccccc3)C(C)c3ccccn3)cc12. The van der Waals surface area contributed by atoms with Gasteiger partial charge in [-0.05, 0) is 55.3 Å². The van der Waals surface area contributed by atoms with Gasteiger partial charge < -0.3 is 9.88 Å². The number of nitrogens with zero attached hydrogens (tertiary/aromatic N) is 2. The van der Waals surface area contributed by atoms with E-state index in [1.54, 1.807) is 17.2 Å². The first-order chi connectivity index (χ1) is 14.0. The van der Waals surface area contributed by atoms with Gasteiger partial charge in [0.2, 0.25) is 0 Å². The van der Waals surface area contributed by atoms with Crippen LogP contribution in [0.1, 0.15) is 40.3 Å². The summed E-state index contributed by atoms with van der Waals surface area (Å²) in [5.41, 5.74) is 3.70. The van der Waals surface area contributed by atoms with Crippen molar-refractivity contribution < 1.29 is 9.18 Å². The Morgan fingerprint density at radius 1 is 1.10 bits per heavy atom. The molecule has 1 unspecified atom stereocenters. The summed E-state index contributed by atoms with van der Waals surface area (Å²) in [5, 5.41) is 0.847. The Kier molecular flexibility index (Phi) is 5.12. The van der Waals surface area contributed by atoms with Crippen LogP contribution in [0, 0.1) is 12.7 Å². The fourth-order valence-electron chi connectivity index (χ4n) is 3.59. The number of amides is 1. The molecule has 4 nitrogen and oxygen atoms in total. The second kappa shape index (κ2) is 7.87. The summed E-state index contributed by atoms with van der Waals surface area (Å²) in [7, 11) is 0. The third kappa shape index (κ3) is 3.90. The standard InChI is InChI=1S/C24H22FN3O/c1-16-12-19(25)13-22-20(16)14-23(27-22)24(29)28(15-18-8-4-3-5-9-18)17(2)21-10-6-7-11-26-21/h3-14,17,27H,15H2,1-2H3. The molecule has 0 bridgehead atoms. The zero-order valence-corrected chi connectivity index (χ0v) is 16.4. The molecule has 0 saturated heterocycles. The van der Waals surface area contributed by atoms with Crippen LogP contribution in [0.2, 0.25) is 0 Å². The second-order valence-corrected chi connectivity index (χ2v) is 7.22. The molecule has 1 N–H and O–H groups in total. The van der Waals surface area contributed by atoms with Gasteiger partial charge in [0.1, 0.15) is 11.5 Å². The number of nitrogens with one attached hydrogen (secondary N) is 1. The van der Waals surface area contributed by atoms with Gasteiger partial charge in [0.15, 0.2) is 0 Å². The molecule has 1 amide bonds. The predicted octanol–water partition coefficient (Wildman–Crippen LogP) is 5.41. The van der Waals surface area contributed by atoms with Gasteiger partial charge in [0.25, 0.3) is 5.91 Å². The van der Waals surface area contributed by atoms with Crippen molar-refractivity contribution in [1.29, 1.82) is 0 Å². The molecule has 0 fully saturated rings. The number of carbonyl (C=O) groups is 1. The Labute approximate surface area is 169 Å². The van der Waals surface area contributed by atoms with E-state index in [0.717, 1.165) is 22.2 Å². The van der Waals surface area contributed by atoms with E-state index in [0.29, 0.717) is 17.8 Å². The molecular formula is C24H22FN3O. The first-order valence-corrected chi connectivity index (χ1v) is 9.57. The molecule has 0 aliphatic rings. The molecule has 0 spiro atoms. The van der Waals surface area contributed by atoms with E-state index in [9.17, 15) is 9.18 Å². The highest BCUT2D eigenvalue weighted by molar-refractivity contribution is 5.99. The van der Waals surface area contributed by atoms with Crippen molar-refractivity contribution in [2.45, 2.75) is 26.4 Å². The molecule has 0 radical (unpaired) electrons. The van der Waals surface area contributed by atoms with Crippen molar-refractivity contribution in [2.75, 3.05) is 0 Å². The van der Waals surface area contributed by atoms with Crippen LogP contribution in [0.3, 0.4) is 0 Å². The minimum absolute atomic E-state index is 0.150. The molecule has 2 aromatic heterocycles. The van der Waals surface area contributed by atoms with Crippen LogP contribution in [0.25, 0.3) is 10.9 Å². The molecule has 0 saturated carbocycles. The van der Waals surface area contributed by atoms with E-state index < -0.39 is 0 Å². The Bertz CT molecular complexity index is 1140. The number of H-pyrrole nitrogens is 1. The Hall–Kier alpha value is -3.47. The third-order valence-electron chi connectivity index (χ3n) is 5.18. The Balaban J connectivity index is 1.73. The van der Waals surface area contributed by atoms with Crippen LogP contribution >= 0.6 is 0 Å². The number of aromatic amines is 1. The van der Waals surface area contributed by atoms with Crippen LogP contribution < -0.4 is 0 Å². The minimum Gasteiger partial charge on any atom is -0.350 e. The zero-order valence-electron chi connectivity index (χ0n) is 16.4. The second-order valence-electron chi connectivity index (χ2n) is 7.22. The molecule has 4 aromatic rings. The number of carbonyl (C=O) groups excluding carboxylic acids is 1. The van der Waals surface area contributed by atoms with Crippen molar-refractivity contribution >= 4 is 16.8 Å². The van der Waals surface area contributed by atoms with Gasteiger partial charge in [-0.1, -0.05) is 36.4 Å². The fourth-order valence-corrected chi connectivity index (χ4v) is 3.59. The van der Waals surface area contributed by atoms with Crippen molar-refractivity contribution in [2.24, 2.45) is 0 Å². The highest BCUT2D eigenvalue weighted by Crippen LogP contribution is 2.26. The number of rotatable bonds is 5. The molecule has 0 aliphatic carbocycles. The smallest absolute Gasteiger partial charge is 0.271 e. The molecule has 1 atom stereocenters. The number of hydrogen-bond donors (Lipinski definition) is 1. The largest absolute Gasteiger partial charge is 0.350 e. The van der Waals surface area contributed by atoms with E-state index in [1.165, 1.54) is 12.1 Å². The van der Waals surface area contributed by atoms with Gasteiger partial charge >= 0.3 is 0 Å². The van der Waals surface area contributed by atoms with Crippen molar-refractivity contribution in [1.82, 2.24) is 14.9 Å². The number of benzene rings is 2. The van der Waals surface area contributed by atoms with E-state index in [-0.39, 0.29) is 17.8 Å². The van der Waals surface area contributed by atoms with E-state index in [2.05, 4.69) is 9.97 Å². The highest BCUT2D eigenvalue weighted by Gasteiger charge is 2.25. The van der Waals surface area contributed by atoms with Gasteiger partial charge in [0, 0.05) is 23.6 Å². The molecule has 5 heteroatoms. The molecular weight excluding hydrogens is 365 g/mol. The average Bonchev–Trinajstić information content (AvgIpc) is 3.17. The molecule has 2 aromatic carbocycles. The summed E-state index contributed by atoms with van der Waals surface area (Å²) in [4.78, 5) is 22.8. The quantitative estimate of drug-likeness (QED) is 0.497. The number of pyridine rings is 1. The summed E-state index contributed by atoms with van der Waals surface area (Å²) < 4.78 is 13.8. The van der Waals surface area contributed by atoms with Crippen molar-refractivity contribution in [3.05, 3.63) is 101 Å². The van der Waals surface area contributed by atoms with E-state index in [1.807, 2.05) is 62.4 Å². The lowest BCUT2D eigenvalue weighted by Crippen LogP contribution is -2.33. The first-order valence-electron chi connectivity index (χ1n) is 9.57.